The van der Waals surface area contributed by atoms with E-state index in [0.29, 0.717) is 13.0 Å². The second kappa shape index (κ2) is 10.9. The van der Waals surface area contributed by atoms with Crippen molar-refractivity contribution in [3.05, 3.63) is 0 Å². The van der Waals surface area contributed by atoms with Crippen LogP contribution in [0.25, 0.3) is 0 Å². The molecule has 1 heterocycles. The molecular weight excluding hydrogens is 304 g/mol. The second-order valence-electron chi connectivity index (χ2n) is 6.24. The molecule has 0 amide bonds. The number of carboxylic acids is 1. The molecule has 0 aromatic heterocycles. The maximum atomic E-state index is 10.3. The molecule has 0 radical (unpaired) electrons. The molecular formula is C16H29O7-. The Hall–Kier alpha value is -0.730. The van der Waals surface area contributed by atoms with Crippen LogP contribution >= 0.6 is 0 Å². The van der Waals surface area contributed by atoms with Crippen LogP contribution in [-0.2, 0) is 14.3 Å². The number of aliphatic hydroxyl groups is 3. The highest BCUT2D eigenvalue weighted by Crippen LogP contribution is 2.21. The number of hydrogen-bond donors (Lipinski definition) is 3. The molecule has 1 aliphatic rings. The van der Waals surface area contributed by atoms with Gasteiger partial charge in [0.05, 0.1) is 18.3 Å². The van der Waals surface area contributed by atoms with Gasteiger partial charge in [0, 0.05) is 25.4 Å². The van der Waals surface area contributed by atoms with Gasteiger partial charge >= 0.3 is 0 Å². The molecule has 5 atom stereocenters. The van der Waals surface area contributed by atoms with Crippen LogP contribution in [-0.4, -0.2) is 58.6 Å². The number of carboxylic acid groups (broad SMARTS) is 1. The molecule has 136 valence electrons. The molecule has 0 aromatic carbocycles. The van der Waals surface area contributed by atoms with Crippen LogP contribution in [0.4, 0.5) is 0 Å². The Morgan fingerprint density at radius 1 is 1.22 bits per heavy atom. The third-order valence-corrected chi connectivity index (χ3v) is 4.05. The molecule has 1 saturated heterocycles. The number of unbranched alkanes of at least 4 members (excludes halogenated alkanes) is 4. The van der Waals surface area contributed by atoms with Crippen molar-refractivity contribution in [2.45, 2.75) is 89.0 Å². The van der Waals surface area contributed by atoms with E-state index in [2.05, 4.69) is 0 Å². The Morgan fingerprint density at radius 3 is 2.57 bits per heavy atom. The number of carbonyl (C=O) groups excluding carboxylic acids is 1. The maximum absolute atomic E-state index is 10.3. The van der Waals surface area contributed by atoms with Crippen molar-refractivity contribution >= 4 is 5.97 Å². The number of aliphatic hydroxyl groups excluding tert-OH is 3. The van der Waals surface area contributed by atoms with Crippen molar-refractivity contribution in [3.63, 3.8) is 0 Å². The summed E-state index contributed by atoms with van der Waals surface area (Å²) in [6.07, 6.45) is 1.65. The van der Waals surface area contributed by atoms with Crippen LogP contribution in [0.3, 0.4) is 0 Å². The van der Waals surface area contributed by atoms with E-state index in [-0.39, 0.29) is 18.9 Å². The lowest BCUT2D eigenvalue weighted by Crippen LogP contribution is -2.47. The molecule has 7 heteroatoms. The highest BCUT2D eigenvalue weighted by atomic mass is 16.7. The molecule has 23 heavy (non-hydrogen) atoms. The Kier molecular flexibility index (Phi) is 9.66. The standard InChI is InChI=1S/C16H30O7/c1-11-13(18)10-14(19)16(23-11)22-8-6-4-2-3-5-7-12(17)9-15(20)21/h11-14,16-19H,2-10H2,1H3,(H,20,21)/p-1/t11-,12+,13+,14+,16+/m0/s1. The zero-order valence-corrected chi connectivity index (χ0v) is 13.7. The smallest absolute Gasteiger partial charge is 0.183 e. The van der Waals surface area contributed by atoms with E-state index >= 15 is 0 Å². The van der Waals surface area contributed by atoms with E-state index in [4.69, 9.17) is 9.47 Å². The van der Waals surface area contributed by atoms with Gasteiger partial charge < -0.3 is 34.7 Å². The van der Waals surface area contributed by atoms with Crippen LogP contribution in [0.1, 0.15) is 58.3 Å². The van der Waals surface area contributed by atoms with Gasteiger partial charge in [-0.2, -0.15) is 0 Å². The zero-order valence-electron chi connectivity index (χ0n) is 13.7. The second-order valence-corrected chi connectivity index (χ2v) is 6.24. The third kappa shape index (κ3) is 8.62. The summed E-state index contributed by atoms with van der Waals surface area (Å²) in [6.45, 7) is 2.24. The van der Waals surface area contributed by atoms with Crippen LogP contribution in [0.15, 0.2) is 0 Å². The third-order valence-electron chi connectivity index (χ3n) is 4.05. The molecule has 7 nitrogen and oxygen atoms in total. The van der Waals surface area contributed by atoms with Gasteiger partial charge in [-0.1, -0.05) is 25.7 Å². The zero-order chi connectivity index (χ0) is 17.2. The predicted octanol–water partition coefficient (Wildman–Crippen LogP) is -0.299. The van der Waals surface area contributed by atoms with Gasteiger partial charge in [-0.25, -0.2) is 0 Å². The molecule has 0 saturated carbocycles. The highest BCUT2D eigenvalue weighted by Gasteiger charge is 2.34. The lowest BCUT2D eigenvalue weighted by molar-refractivity contribution is -0.307. The lowest BCUT2D eigenvalue weighted by atomic mass is 10.0. The Labute approximate surface area is 137 Å². The van der Waals surface area contributed by atoms with Gasteiger partial charge in [-0.15, -0.1) is 0 Å². The molecule has 3 N–H and O–H groups in total. The van der Waals surface area contributed by atoms with E-state index < -0.39 is 30.6 Å². The lowest BCUT2D eigenvalue weighted by Gasteiger charge is -2.35. The summed E-state index contributed by atoms with van der Waals surface area (Å²) in [5, 5.41) is 39.0. The molecule has 0 spiro atoms. The monoisotopic (exact) mass is 333 g/mol. The first-order chi connectivity index (χ1) is 10.9. The first-order valence-corrected chi connectivity index (χ1v) is 8.41. The maximum Gasteiger partial charge on any atom is 0.183 e. The van der Waals surface area contributed by atoms with Gasteiger partial charge in [-0.3, -0.25) is 0 Å². The van der Waals surface area contributed by atoms with Crippen LogP contribution in [0.2, 0.25) is 0 Å². The quantitative estimate of drug-likeness (QED) is 0.444. The number of aliphatic carboxylic acids is 1. The average molecular weight is 333 g/mol. The minimum atomic E-state index is -1.22. The molecule has 0 aromatic rings. The van der Waals surface area contributed by atoms with Crippen molar-refractivity contribution in [3.8, 4) is 0 Å². The molecule has 1 rings (SSSR count). The van der Waals surface area contributed by atoms with E-state index in [1.165, 1.54) is 0 Å². The Bertz CT molecular complexity index is 336. The summed E-state index contributed by atoms with van der Waals surface area (Å²) < 4.78 is 10.9. The minimum Gasteiger partial charge on any atom is -0.550 e. The van der Waals surface area contributed by atoms with Crippen molar-refractivity contribution in [1.82, 2.24) is 0 Å². The summed E-state index contributed by atoms with van der Waals surface area (Å²) in [5.74, 6) is -1.22. The van der Waals surface area contributed by atoms with E-state index in [0.717, 1.165) is 32.1 Å². The van der Waals surface area contributed by atoms with Crippen LogP contribution < -0.4 is 5.11 Å². The van der Waals surface area contributed by atoms with Gasteiger partial charge in [0.1, 0.15) is 6.10 Å². The highest BCUT2D eigenvalue weighted by molar-refractivity contribution is 5.64. The summed E-state index contributed by atoms with van der Waals surface area (Å²) >= 11 is 0. The average Bonchev–Trinajstić information content (AvgIpc) is 2.46. The first-order valence-electron chi connectivity index (χ1n) is 8.41. The molecule has 0 unspecified atom stereocenters. The van der Waals surface area contributed by atoms with Gasteiger partial charge in [0.2, 0.25) is 0 Å². The Balaban J connectivity index is 1.96. The van der Waals surface area contributed by atoms with Crippen molar-refractivity contribution in [1.29, 1.82) is 0 Å². The Morgan fingerprint density at radius 2 is 1.87 bits per heavy atom. The fourth-order valence-corrected chi connectivity index (χ4v) is 2.60. The number of ether oxygens (including phenoxy) is 2. The SMILES string of the molecule is C[C@@H]1O[C@@H](OCCCCCCC[C@@H](O)CC(=O)[O-])[C@H](O)C[C@H]1O. The van der Waals surface area contributed by atoms with E-state index in [1.807, 2.05) is 0 Å². The van der Waals surface area contributed by atoms with E-state index in [9.17, 15) is 25.2 Å². The summed E-state index contributed by atoms with van der Waals surface area (Å²) in [6, 6.07) is 0. The predicted molar refractivity (Wildman–Crippen MR) is 80.3 cm³/mol. The van der Waals surface area contributed by atoms with Gasteiger partial charge in [-0.05, 0) is 19.8 Å². The minimum absolute atomic E-state index is 0.264. The number of carbonyl (C=O) groups is 1. The topological polar surface area (TPSA) is 119 Å². The first kappa shape index (κ1) is 20.3. The molecule has 1 fully saturated rings. The summed E-state index contributed by atoms with van der Waals surface area (Å²) in [4.78, 5) is 10.3. The summed E-state index contributed by atoms with van der Waals surface area (Å²) in [7, 11) is 0. The van der Waals surface area contributed by atoms with Crippen molar-refractivity contribution in [2.75, 3.05) is 6.61 Å². The molecule has 0 bridgehead atoms. The fraction of sp³-hybridized carbons (Fsp3) is 0.938. The van der Waals surface area contributed by atoms with Crippen molar-refractivity contribution < 1.29 is 34.7 Å². The van der Waals surface area contributed by atoms with Crippen molar-refractivity contribution in [2.24, 2.45) is 0 Å². The number of rotatable bonds is 11. The van der Waals surface area contributed by atoms with E-state index in [1.54, 1.807) is 6.92 Å². The summed E-state index contributed by atoms with van der Waals surface area (Å²) in [5.41, 5.74) is 0. The van der Waals surface area contributed by atoms with Crippen LogP contribution in [0, 0.1) is 0 Å². The normalized spacial score (nSPS) is 29.4. The van der Waals surface area contributed by atoms with Crippen LogP contribution in [0.5, 0.6) is 0 Å². The molecule has 0 aliphatic carbocycles. The van der Waals surface area contributed by atoms with Gasteiger partial charge in [0.25, 0.3) is 0 Å². The largest absolute Gasteiger partial charge is 0.550 e. The number of hydrogen-bond acceptors (Lipinski definition) is 7. The molecule has 1 aliphatic heterocycles. The fourth-order valence-electron chi connectivity index (χ4n) is 2.60. The van der Waals surface area contributed by atoms with Gasteiger partial charge in [0.15, 0.2) is 6.29 Å².